The Bertz CT molecular complexity index is 1540. The van der Waals surface area contributed by atoms with Crippen LogP contribution < -0.4 is 5.56 Å². The molecule has 0 aliphatic rings. The van der Waals surface area contributed by atoms with Crippen molar-refractivity contribution in [3.05, 3.63) is 118 Å². The van der Waals surface area contributed by atoms with Crippen molar-refractivity contribution in [2.24, 2.45) is 0 Å². The predicted molar refractivity (Wildman–Crippen MR) is 124 cm³/mol. The van der Waals surface area contributed by atoms with Crippen LogP contribution in [0.1, 0.15) is 21.6 Å². The molecule has 0 aliphatic heterocycles. The number of carbonyl (C=O) groups excluding carboxylic acids is 1. The van der Waals surface area contributed by atoms with Gasteiger partial charge in [-0.3, -0.25) is 19.1 Å². The molecule has 162 valence electrons. The van der Waals surface area contributed by atoms with Crippen molar-refractivity contribution in [1.29, 1.82) is 0 Å². The van der Waals surface area contributed by atoms with E-state index in [0.717, 1.165) is 5.56 Å². The van der Waals surface area contributed by atoms with E-state index in [1.54, 1.807) is 37.4 Å². The van der Waals surface area contributed by atoms with Crippen molar-refractivity contribution in [3.63, 3.8) is 0 Å². The van der Waals surface area contributed by atoms with Crippen LogP contribution in [0, 0.1) is 12.7 Å². The number of benzene rings is 2. The summed E-state index contributed by atoms with van der Waals surface area (Å²) in [6, 6.07) is 20.2. The highest BCUT2D eigenvalue weighted by Crippen LogP contribution is 2.34. The van der Waals surface area contributed by atoms with Crippen molar-refractivity contribution in [2.75, 3.05) is 0 Å². The number of rotatable bonds is 4. The van der Waals surface area contributed by atoms with E-state index < -0.39 is 5.82 Å². The fraction of sp³-hybridized carbons (Fsp3) is 0.0769. The normalized spacial score (nSPS) is 11.1. The molecule has 0 N–H and O–H groups in total. The number of pyridine rings is 1. The van der Waals surface area contributed by atoms with E-state index in [2.05, 4.69) is 10.1 Å². The zero-order chi connectivity index (χ0) is 22.9. The Morgan fingerprint density at radius 3 is 2.58 bits per heavy atom. The third kappa shape index (κ3) is 3.74. The monoisotopic (exact) mass is 438 g/mol. The number of hydrogen-bond acceptors (Lipinski definition) is 4. The molecule has 0 atom stereocenters. The molecule has 3 heterocycles. The molecular weight excluding hydrogens is 419 g/mol. The van der Waals surface area contributed by atoms with Crippen LogP contribution in [0.2, 0.25) is 0 Å². The average Bonchev–Trinajstić information content (AvgIpc) is 3.12. The van der Waals surface area contributed by atoms with Crippen molar-refractivity contribution in [2.45, 2.75) is 13.5 Å². The van der Waals surface area contributed by atoms with Crippen LogP contribution in [0.4, 0.5) is 4.39 Å². The van der Waals surface area contributed by atoms with Gasteiger partial charge in [0, 0.05) is 35.1 Å². The summed E-state index contributed by atoms with van der Waals surface area (Å²) in [5, 5.41) is 5.11. The Hall–Kier alpha value is -4.39. The Morgan fingerprint density at radius 2 is 1.82 bits per heavy atom. The average molecular weight is 438 g/mol. The van der Waals surface area contributed by atoms with Gasteiger partial charge in [-0.1, -0.05) is 30.3 Å². The second kappa shape index (κ2) is 8.27. The minimum Gasteiger partial charge on any atom is -0.280 e. The van der Waals surface area contributed by atoms with E-state index in [1.165, 1.54) is 33.6 Å². The van der Waals surface area contributed by atoms with Crippen LogP contribution in [-0.2, 0) is 6.54 Å². The zero-order valence-corrected chi connectivity index (χ0v) is 17.8. The maximum absolute atomic E-state index is 14.2. The summed E-state index contributed by atoms with van der Waals surface area (Å²) in [6.07, 6.45) is 3.09. The van der Waals surface area contributed by atoms with E-state index in [-0.39, 0.29) is 11.5 Å². The van der Waals surface area contributed by atoms with Gasteiger partial charge >= 0.3 is 0 Å². The van der Waals surface area contributed by atoms with Gasteiger partial charge in [-0.15, -0.1) is 0 Å². The van der Waals surface area contributed by atoms with Crippen molar-refractivity contribution in [3.8, 4) is 11.3 Å². The van der Waals surface area contributed by atoms with E-state index >= 15 is 0 Å². The second-order valence-corrected chi connectivity index (χ2v) is 7.70. The Labute approximate surface area is 188 Å². The van der Waals surface area contributed by atoms with Crippen LogP contribution in [0.25, 0.3) is 22.2 Å². The summed E-state index contributed by atoms with van der Waals surface area (Å²) in [6.45, 7) is 2.09. The molecule has 0 saturated heterocycles. The maximum atomic E-state index is 14.2. The molecule has 5 rings (SSSR count). The standard InChI is InChI=1S/C26H19FN4O2/c1-17-25(22-10-12-24(32)30(29-22)16-18-6-3-2-4-7-18)21-14-20(27)9-11-23(21)31(17)26(33)19-8-5-13-28-15-19/h2-15H,16H2,1H3. The molecule has 7 heteroatoms. The topological polar surface area (TPSA) is 69.8 Å². The molecule has 3 aromatic heterocycles. The molecule has 0 bridgehead atoms. The van der Waals surface area contributed by atoms with Gasteiger partial charge < -0.3 is 0 Å². The van der Waals surface area contributed by atoms with Crippen LogP contribution in [-0.4, -0.2) is 25.2 Å². The lowest BCUT2D eigenvalue weighted by molar-refractivity contribution is 0.0963. The smallest absolute Gasteiger partial charge is 0.267 e. The zero-order valence-electron chi connectivity index (χ0n) is 17.8. The molecule has 0 spiro atoms. The number of halogens is 1. The number of nitrogens with zero attached hydrogens (tertiary/aromatic N) is 4. The van der Waals surface area contributed by atoms with Gasteiger partial charge in [-0.25, -0.2) is 9.07 Å². The first-order valence-electron chi connectivity index (χ1n) is 10.4. The molecule has 5 aromatic rings. The largest absolute Gasteiger partial charge is 0.280 e. The van der Waals surface area contributed by atoms with E-state index in [9.17, 15) is 14.0 Å². The van der Waals surface area contributed by atoms with Crippen molar-refractivity contribution < 1.29 is 9.18 Å². The number of hydrogen-bond donors (Lipinski definition) is 0. The van der Waals surface area contributed by atoms with Crippen molar-refractivity contribution >= 4 is 16.8 Å². The lowest BCUT2D eigenvalue weighted by Crippen LogP contribution is -2.23. The second-order valence-electron chi connectivity index (χ2n) is 7.70. The first kappa shape index (κ1) is 20.5. The first-order chi connectivity index (χ1) is 16.0. The molecule has 0 aliphatic carbocycles. The maximum Gasteiger partial charge on any atom is 0.267 e. The molecule has 2 aromatic carbocycles. The molecule has 33 heavy (non-hydrogen) atoms. The molecule has 0 saturated carbocycles. The Kier molecular flexibility index (Phi) is 5.14. The molecule has 0 radical (unpaired) electrons. The SMILES string of the molecule is Cc1c(-c2ccc(=O)n(Cc3ccccc3)n2)c2cc(F)ccc2n1C(=O)c1cccnc1. The van der Waals surface area contributed by atoms with Gasteiger partial charge in [0.15, 0.2) is 0 Å². The fourth-order valence-electron chi connectivity index (χ4n) is 4.05. The minimum atomic E-state index is -0.424. The first-order valence-corrected chi connectivity index (χ1v) is 10.4. The lowest BCUT2D eigenvalue weighted by Gasteiger charge is -2.09. The van der Waals surface area contributed by atoms with Gasteiger partial charge in [0.2, 0.25) is 0 Å². The highest BCUT2D eigenvalue weighted by atomic mass is 19.1. The van der Waals surface area contributed by atoms with Gasteiger partial charge in [-0.2, -0.15) is 5.10 Å². The van der Waals surface area contributed by atoms with Gasteiger partial charge in [0.05, 0.1) is 23.3 Å². The highest BCUT2D eigenvalue weighted by Gasteiger charge is 2.22. The van der Waals surface area contributed by atoms with Gasteiger partial charge in [0.1, 0.15) is 5.82 Å². The molecule has 0 fully saturated rings. The Morgan fingerprint density at radius 1 is 1.00 bits per heavy atom. The van der Waals surface area contributed by atoms with Crippen LogP contribution in [0.3, 0.4) is 0 Å². The number of fused-ring (bicyclic) bond motifs is 1. The summed E-state index contributed by atoms with van der Waals surface area (Å²) in [5.74, 6) is -0.701. The van der Waals surface area contributed by atoms with E-state index in [0.29, 0.717) is 40.0 Å². The minimum absolute atomic E-state index is 0.249. The third-order valence-corrected chi connectivity index (χ3v) is 5.58. The van der Waals surface area contributed by atoms with Crippen LogP contribution in [0.5, 0.6) is 0 Å². The van der Waals surface area contributed by atoms with E-state index in [1.807, 2.05) is 30.3 Å². The fourth-order valence-corrected chi connectivity index (χ4v) is 4.05. The van der Waals surface area contributed by atoms with Crippen LogP contribution >= 0.6 is 0 Å². The summed E-state index contributed by atoms with van der Waals surface area (Å²) in [5.41, 5.74) is 3.33. The molecular formula is C26H19FN4O2. The predicted octanol–water partition coefficient (Wildman–Crippen LogP) is 4.44. The summed E-state index contributed by atoms with van der Waals surface area (Å²) in [7, 11) is 0. The third-order valence-electron chi connectivity index (χ3n) is 5.58. The van der Waals surface area contributed by atoms with Gasteiger partial charge in [0.25, 0.3) is 11.5 Å². The molecule has 6 nitrogen and oxygen atoms in total. The van der Waals surface area contributed by atoms with Crippen molar-refractivity contribution in [1.82, 2.24) is 19.3 Å². The summed E-state index contributed by atoms with van der Waals surface area (Å²) in [4.78, 5) is 29.8. The number of aromatic nitrogens is 4. The number of carbonyl (C=O) groups is 1. The van der Waals surface area contributed by atoms with Gasteiger partial charge in [-0.05, 0) is 48.9 Å². The Balaban J connectivity index is 1.70. The molecule has 0 unspecified atom stereocenters. The van der Waals surface area contributed by atoms with Crippen LogP contribution in [0.15, 0.2) is 90.0 Å². The summed E-state index contributed by atoms with van der Waals surface area (Å²) < 4.78 is 17.2. The molecule has 0 amide bonds. The van der Waals surface area contributed by atoms with E-state index in [4.69, 9.17) is 0 Å². The summed E-state index contributed by atoms with van der Waals surface area (Å²) >= 11 is 0. The lowest BCUT2D eigenvalue weighted by atomic mass is 10.1. The highest BCUT2D eigenvalue weighted by molar-refractivity contribution is 6.07. The quantitative estimate of drug-likeness (QED) is 0.416.